The lowest BCUT2D eigenvalue weighted by Gasteiger charge is -2.20. The van der Waals surface area contributed by atoms with Gasteiger partial charge in [0.05, 0.1) is 18.0 Å². The highest BCUT2D eigenvalue weighted by atomic mass is 16.5. The third kappa shape index (κ3) is 3.68. The van der Waals surface area contributed by atoms with Gasteiger partial charge < -0.3 is 9.64 Å². The molecule has 0 bridgehead atoms. The summed E-state index contributed by atoms with van der Waals surface area (Å²) in [4.78, 5) is 2.12. The summed E-state index contributed by atoms with van der Waals surface area (Å²) < 4.78 is 8.02. The predicted molar refractivity (Wildman–Crippen MR) is 80.7 cm³/mol. The van der Waals surface area contributed by atoms with Gasteiger partial charge in [0, 0.05) is 13.6 Å². The summed E-state index contributed by atoms with van der Waals surface area (Å²) in [6.45, 7) is 3.60. The van der Waals surface area contributed by atoms with E-state index in [9.17, 15) is 0 Å². The first-order chi connectivity index (χ1) is 9.58. The number of benzene rings is 1. The second-order valence-electron chi connectivity index (χ2n) is 5.30. The molecule has 0 saturated heterocycles. The van der Waals surface area contributed by atoms with Crippen molar-refractivity contribution < 1.29 is 4.74 Å². The number of nitrogens with zero attached hydrogens (tertiary/aromatic N) is 3. The van der Waals surface area contributed by atoms with Crippen LogP contribution in [-0.2, 0) is 11.8 Å². The zero-order chi connectivity index (χ0) is 14.5. The van der Waals surface area contributed by atoms with Gasteiger partial charge in [0.15, 0.2) is 0 Å². The highest BCUT2D eigenvalue weighted by Crippen LogP contribution is 2.26. The molecular formula is C16H23N3O. The van der Waals surface area contributed by atoms with Crippen LogP contribution in [0.2, 0.25) is 0 Å². The molecule has 1 aromatic heterocycles. The van der Waals surface area contributed by atoms with Gasteiger partial charge in [-0.15, -0.1) is 0 Å². The summed E-state index contributed by atoms with van der Waals surface area (Å²) in [6.07, 6.45) is -0.0673. The topological polar surface area (TPSA) is 30.3 Å². The minimum absolute atomic E-state index is 0.0673. The molecule has 0 radical (unpaired) electrons. The smallest absolute Gasteiger partial charge is 0.124 e. The van der Waals surface area contributed by atoms with Crippen LogP contribution in [-0.4, -0.2) is 41.9 Å². The average Bonchev–Trinajstić information content (AvgIpc) is 2.74. The molecule has 0 amide bonds. The molecule has 0 spiro atoms. The molecule has 2 aromatic rings. The van der Waals surface area contributed by atoms with E-state index in [1.54, 1.807) is 0 Å². The van der Waals surface area contributed by atoms with Crippen molar-refractivity contribution in [2.45, 2.75) is 13.0 Å². The molecule has 0 fully saturated rings. The standard InChI is InChI=1S/C16H23N3O/c1-13-12-15(19(4)17-13)16(20-11-10-18(2)3)14-8-6-5-7-9-14/h5-9,12,16H,10-11H2,1-4H3. The number of likely N-dealkylation sites (N-methyl/N-ethyl adjacent to an activating group) is 1. The van der Waals surface area contributed by atoms with E-state index >= 15 is 0 Å². The Kier molecular flexibility index (Phi) is 4.93. The van der Waals surface area contributed by atoms with Crippen molar-refractivity contribution in [1.29, 1.82) is 0 Å². The first kappa shape index (κ1) is 14.8. The van der Waals surface area contributed by atoms with E-state index in [1.165, 1.54) is 0 Å². The highest BCUT2D eigenvalue weighted by molar-refractivity contribution is 5.27. The van der Waals surface area contributed by atoms with Crippen LogP contribution in [0.5, 0.6) is 0 Å². The molecule has 1 atom stereocenters. The molecule has 0 aliphatic heterocycles. The lowest BCUT2D eigenvalue weighted by atomic mass is 10.1. The number of aromatic nitrogens is 2. The zero-order valence-electron chi connectivity index (χ0n) is 12.7. The van der Waals surface area contributed by atoms with Gasteiger partial charge in [-0.2, -0.15) is 5.10 Å². The van der Waals surface area contributed by atoms with E-state index < -0.39 is 0 Å². The summed E-state index contributed by atoms with van der Waals surface area (Å²) in [7, 11) is 6.07. The third-order valence-corrected chi connectivity index (χ3v) is 3.23. The molecule has 1 aromatic carbocycles. The number of ether oxygens (including phenoxy) is 1. The maximum absolute atomic E-state index is 6.12. The van der Waals surface area contributed by atoms with Crippen molar-refractivity contribution in [2.24, 2.45) is 7.05 Å². The van der Waals surface area contributed by atoms with Gasteiger partial charge in [0.25, 0.3) is 0 Å². The minimum atomic E-state index is -0.0673. The van der Waals surface area contributed by atoms with Crippen molar-refractivity contribution in [1.82, 2.24) is 14.7 Å². The Morgan fingerprint density at radius 2 is 1.95 bits per heavy atom. The maximum Gasteiger partial charge on any atom is 0.124 e. The van der Waals surface area contributed by atoms with Crippen molar-refractivity contribution in [2.75, 3.05) is 27.2 Å². The monoisotopic (exact) mass is 273 g/mol. The summed E-state index contributed by atoms with van der Waals surface area (Å²) in [5, 5.41) is 4.43. The maximum atomic E-state index is 6.12. The predicted octanol–water partition coefficient (Wildman–Crippen LogP) is 2.40. The van der Waals surface area contributed by atoms with Gasteiger partial charge in [-0.05, 0) is 32.6 Å². The fourth-order valence-corrected chi connectivity index (χ4v) is 2.21. The molecule has 20 heavy (non-hydrogen) atoms. The number of hydrogen-bond donors (Lipinski definition) is 0. The molecule has 1 unspecified atom stereocenters. The number of aryl methyl sites for hydroxylation is 2. The molecule has 2 rings (SSSR count). The van der Waals surface area contributed by atoms with Crippen LogP contribution >= 0.6 is 0 Å². The normalized spacial score (nSPS) is 12.8. The van der Waals surface area contributed by atoms with E-state index in [4.69, 9.17) is 4.74 Å². The summed E-state index contributed by atoms with van der Waals surface area (Å²) >= 11 is 0. The molecule has 4 heteroatoms. The van der Waals surface area contributed by atoms with Crippen LogP contribution in [0.25, 0.3) is 0 Å². The molecule has 0 N–H and O–H groups in total. The Morgan fingerprint density at radius 3 is 2.50 bits per heavy atom. The first-order valence-electron chi connectivity index (χ1n) is 6.89. The Bertz CT molecular complexity index is 534. The van der Waals surface area contributed by atoms with Gasteiger partial charge in [-0.3, -0.25) is 4.68 Å². The number of rotatable bonds is 6. The molecule has 4 nitrogen and oxygen atoms in total. The van der Waals surface area contributed by atoms with Gasteiger partial charge in [-0.1, -0.05) is 30.3 Å². The Balaban J connectivity index is 2.22. The van der Waals surface area contributed by atoms with E-state index in [-0.39, 0.29) is 6.10 Å². The van der Waals surface area contributed by atoms with E-state index in [0.717, 1.165) is 23.5 Å². The summed E-state index contributed by atoms with van der Waals surface area (Å²) in [6, 6.07) is 12.4. The van der Waals surface area contributed by atoms with Crippen LogP contribution in [0.1, 0.15) is 23.1 Å². The summed E-state index contributed by atoms with van der Waals surface area (Å²) in [5.41, 5.74) is 3.27. The molecule has 108 valence electrons. The Labute approximate surface area is 121 Å². The van der Waals surface area contributed by atoms with Gasteiger partial charge in [-0.25, -0.2) is 0 Å². The molecular weight excluding hydrogens is 250 g/mol. The molecule has 0 aliphatic carbocycles. The van der Waals surface area contributed by atoms with E-state index in [1.807, 2.05) is 36.9 Å². The Morgan fingerprint density at radius 1 is 1.25 bits per heavy atom. The lowest BCUT2D eigenvalue weighted by Crippen LogP contribution is -2.20. The molecule has 1 heterocycles. The number of hydrogen-bond acceptors (Lipinski definition) is 3. The van der Waals surface area contributed by atoms with Crippen molar-refractivity contribution in [3.8, 4) is 0 Å². The van der Waals surface area contributed by atoms with Crippen LogP contribution in [0.4, 0.5) is 0 Å². The summed E-state index contributed by atoms with van der Waals surface area (Å²) in [5.74, 6) is 0. The van der Waals surface area contributed by atoms with Crippen LogP contribution in [0.3, 0.4) is 0 Å². The fourth-order valence-electron chi connectivity index (χ4n) is 2.21. The van der Waals surface area contributed by atoms with Gasteiger partial charge in [0.2, 0.25) is 0 Å². The largest absolute Gasteiger partial charge is 0.366 e. The van der Waals surface area contributed by atoms with Crippen molar-refractivity contribution in [3.05, 3.63) is 53.3 Å². The van der Waals surface area contributed by atoms with E-state index in [2.05, 4.69) is 42.3 Å². The van der Waals surface area contributed by atoms with Crippen LogP contribution < -0.4 is 0 Å². The van der Waals surface area contributed by atoms with Crippen molar-refractivity contribution in [3.63, 3.8) is 0 Å². The molecule has 0 aliphatic rings. The van der Waals surface area contributed by atoms with E-state index in [0.29, 0.717) is 6.61 Å². The lowest BCUT2D eigenvalue weighted by molar-refractivity contribution is 0.0638. The average molecular weight is 273 g/mol. The van der Waals surface area contributed by atoms with Crippen LogP contribution in [0.15, 0.2) is 36.4 Å². The fraction of sp³-hybridized carbons (Fsp3) is 0.438. The Hall–Kier alpha value is -1.65. The van der Waals surface area contributed by atoms with Crippen LogP contribution in [0, 0.1) is 6.92 Å². The third-order valence-electron chi connectivity index (χ3n) is 3.23. The highest BCUT2D eigenvalue weighted by Gasteiger charge is 2.18. The quantitative estimate of drug-likeness (QED) is 0.809. The molecule has 0 saturated carbocycles. The second kappa shape index (κ2) is 6.68. The van der Waals surface area contributed by atoms with Gasteiger partial charge in [0.1, 0.15) is 6.10 Å². The van der Waals surface area contributed by atoms with Crippen molar-refractivity contribution >= 4 is 0 Å². The minimum Gasteiger partial charge on any atom is -0.366 e. The second-order valence-corrected chi connectivity index (χ2v) is 5.30. The van der Waals surface area contributed by atoms with Gasteiger partial charge >= 0.3 is 0 Å². The zero-order valence-corrected chi connectivity index (χ0v) is 12.7. The first-order valence-corrected chi connectivity index (χ1v) is 6.89. The SMILES string of the molecule is Cc1cc(C(OCCN(C)C)c2ccccc2)n(C)n1.